The molecule has 0 spiro atoms. The molecule has 4 heteroatoms. The average molecular weight is 350 g/mol. The molecule has 2 nitrogen and oxygen atoms in total. The molecule has 2 N–H and O–H groups in total. The molecule has 2 aromatic rings. The smallest absolute Gasteiger partial charge is 0.127 e. The van der Waals surface area contributed by atoms with Crippen LogP contribution in [0.3, 0.4) is 0 Å². The van der Waals surface area contributed by atoms with Gasteiger partial charge in [0.2, 0.25) is 0 Å². The van der Waals surface area contributed by atoms with Crippen molar-refractivity contribution in [2.75, 3.05) is 12.4 Å². The number of nitrogens with two attached hydrogens (primary N) is 1. The van der Waals surface area contributed by atoms with E-state index in [0.717, 1.165) is 34.6 Å². The molecule has 0 saturated heterocycles. The van der Waals surface area contributed by atoms with Crippen LogP contribution in [-0.4, -0.2) is 12.4 Å². The zero-order chi connectivity index (χ0) is 13.9. The van der Waals surface area contributed by atoms with Gasteiger partial charge in [0.25, 0.3) is 0 Å². The van der Waals surface area contributed by atoms with E-state index in [9.17, 15) is 0 Å². The lowest BCUT2D eigenvalue weighted by Gasteiger charge is -2.15. The minimum Gasteiger partial charge on any atom is -0.493 e. The Morgan fingerprint density at radius 1 is 1.25 bits per heavy atom. The number of thioether (sulfide) groups is 1. The zero-order valence-corrected chi connectivity index (χ0v) is 13.4. The quantitative estimate of drug-likeness (QED) is 0.841. The molecule has 104 valence electrons. The van der Waals surface area contributed by atoms with E-state index in [2.05, 4.69) is 46.3 Å². The van der Waals surface area contributed by atoms with Crippen LogP contribution in [0.15, 0.2) is 51.8 Å². The molecule has 0 saturated carbocycles. The number of halogens is 1. The number of ether oxygens (including phenoxy) is 1. The number of benzene rings is 2. The van der Waals surface area contributed by atoms with Gasteiger partial charge in [0, 0.05) is 33.1 Å². The molecule has 0 aromatic heterocycles. The molecule has 0 fully saturated rings. The van der Waals surface area contributed by atoms with E-state index >= 15 is 0 Å². The first-order valence-electron chi connectivity index (χ1n) is 6.62. The van der Waals surface area contributed by atoms with E-state index in [4.69, 9.17) is 10.5 Å². The van der Waals surface area contributed by atoms with Crippen LogP contribution in [0.25, 0.3) is 0 Å². The SMILES string of the molecule is NC(CSc1cccc(Br)c1)c1cccc2c1OCC2. The maximum atomic E-state index is 6.34. The van der Waals surface area contributed by atoms with E-state index < -0.39 is 0 Å². The average Bonchev–Trinajstić information content (AvgIpc) is 2.93. The number of rotatable bonds is 4. The minimum absolute atomic E-state index is 0.00738. The van der Waals surface area contributed by atoms with Gasteiger partial charge in [0.15, 0.2) is 0 Å². The molecule has 20 heavy (non-hydrogen) atoms. The summed E-state index contributed by atoms with van der Waals surface area (Å²) in [6, 6.07) is 14.6. The third-order valence-electron chi connectivity index (χ3n) is 3.37. The van der Waals surface area contributed by atoms with Gasteiger partial charge in [-0.15, -0.1) is 11.8 Å². The van der Waals surface area contributed by atoms with Crippen molar-refractivity contribution in [1.82, 2.24) is 0 Å². The van der Waals surface area contributed by atoms with Gasteiger partial charge in [-0.25, -0.2) is 0 Å². The van der Waals surface area contributed by atoms with Crippen LogP contribution in [0.4, 0.5) is 0 Å². The van der Waals surface area contributed by atoms with Crippen molar-refractivity contribution < 1.29 is 4.74 Å². The highest BCUT2D eigenvalue weighted by molar-refractivity contribution is 9.10. The van der Waals surface area contributed by atoms with E-state index in [1.54, 1.807) is 11.8 Å². The zero-order valence-electron chi connectivity index (χ0n) is 11.0. The fourth-order valence-corrected chi connectivity index (χ4v) is 3.85. The number of hydrogen-bond donors (Lipinski definition) is 1. The summed E-state index contributed by atoms with van der Waals surface area (Å²) in [6.07, 6.45) is 0.995. The molecule has 0 radical (unpaired) electrons. The maximum Gasteiger partial charge on any atom is 0.127 e. The number of fused-ring (bicyclic) bond motifs is 1. The van der Waals surface area contributed by atoms with Crippen LogP contribution < -0.4 is 10.5 Å². The molecule has 1 aliphatic rings. The lowest BCUT2D eigenvalue weighted by Crippen LogP contribution is -2.14. The van der Waals surface area contributed by atoms with Gasteiger partial charge in [-0.2, -0.15) is 0 Å². The molecule has 0 aliphatic carbocycles. The molecule has 1 unspecified atom stereocenters. The van der Waals surface area contributed by atoms with Crippen molar-refractivity contribution in [1.29, 1.82) is 0 Å². The van der Waals surface area contributed by atoms with E-state index in [0.29, 0.717) is 0 Å². The van der Waals surface area contributed by atoms with E-state index in [1.165, 1.54) is 10.5 Å². The molecule has 1 aliphatic heterocycles. The molecule has 1 heterocycles. The Labute approximate surface area is 131 Å². The van der Waals surface area contributed by atoms with Crippen LogP contribution in [0.5, 0.6) is 5.75 Å². The Balaban J connectivity index is 1.71. The first kappa shape index (κ1) is 14.0. The van der Waals surface area contributed by atoms with Gasteiger partial charge < -0.3 is 10.5 Å². The molecule has 1 atom stereocenters. The molecule has 2 aromatic carbocycles. The largest absolute Gasteiger partial charge is 0.493 e. The van der Waals surface area contributed by atoms with Gasteiger partial charge in [0.05, 0.1) is 6.61 Å². The van der Waals surface area contributed by atoms with Gasteiger partial charge in [-0.1, -0.05) is 40.2 Å². The molecule has 0 bridgehead atoms. The maximum absolute atomic E-state index is 6.34. The summed E-state index contributed by atoms with van der Waals surface area (Å²) >= 11 is 5.26. The second-order valence-corrected chi connectivity index (χ2v) is 6.82. The fourth-order valence-electron chi connectivity index (χ4n) is 2.37. The fraction of sp³-hybridized carbons (Fsp3) is 0.250. The normalized spacial score (nSPS) is 14.7. The van der Waals surface area contributed by atoms with Crippen LogP contribution >= 0.6 is 27.7 Å². The van der Waals surface area contributed by atoms with E-state index in [-0.39, 0.29) is 6.04 Å². The summed E-state index contributed by atoms with van der Waals surface area (Å²) in [5, 5.41) is 0. The standard InChI is InChI=1S/C16H16BrNOS/c17-12-4-2-5-13(9-12)20-10-15(18)14-6-1-3-11-7-8-19-16(11)14/h1-6,9,15H,7-8,10,18H2. The lowest BCUT2D eigenvalue weighted by molar-refractivity contribution is 0.352. The van der Waals surface area contributed by atoms with Gasteiger partial charge >= 0.3 is 0 Å². The van der Waals surface area contributed by atoms with Crippen molar-refractivity contribution in [3.8, 4) is 5.75 Å². The number of hydrogen-bond acceptors (Lipinski definition) is 3. The highest BCUT2D eigenvalue weighted by atomic mass is 79.9. The Bertz CT molecular complexity index is 617. The Morgan fingerprint density at radius 2 is 2.10 bits per heavy atom. The minimum atomic E-state index is -0.00738. The third kappa shape index (κ3) is 3.03. The van der Waals surface area contributed by atoms with Crippen LogP contribution in [0, 0.1) is 0 Å². The van der Waals surface area contributed by atoms with Crippen LogP contribution in [0.2, 0.25) is 0 Å². The van der Waals surface area contributed by atoms with Gasteiger partial charge in [-0.3, -0.25) is 0 Å². The van der Waals surface area contributed by atoms with Crippen LogP contribution in [0.1, 0.15) is 17.2 Å². The predicted molar refractivity (Wildman–Crippen MR) is 87.4 cm³/mol. The lowest BCUT2D eigenvalue weighted by atomic mass is 10.0. The summed E-state index contributed by atoms with van der Waals surface area (Å²) in [5.74, 6) is 1.85. The Kier molecular flexibility index (Phi) is 4.34. The summed E-state index contributed by atoms with van der Waals surface area (Å²) in [4.78, 5) is 1.23. The molecule has 0 amide bonds. The second-order valence-electron chi connectivity index (χ2n) is 4.81. The summed E-state index contributed by atoms with van der Waals surface area (Å²) in [5.41, 5.74) is 8.75. The topological polar surface area (TPSA) is 35.2 Å². The Morgan fingerprint density at radius 3 is 2.95 bits per heavy atom. The molecular formula is C16H16BrNOS. The van der Waals surface area contributed by atoms with Crippen molar-refractivity contribution >= 4 is 27.7 Å². The Hall–Kier alpha value is -0.970. The summed E-state index contributed by atoms with van der Waals surface area (Å²) < 4.78 is 6.82. The van der Waals surface area contributed by atoms with Crippen molar-refractivity contribution in [2.24, 2.45) is 5.73 Å². The third-order valence-corrected chi connectivity index (χ3v) is 4.98. The second kappa shape index (κ2) is 6.20. The van der Waals surface area contributed by atoms with Crippen molar-refractivity contribution in [3.63, 3.8) is 0 Å². The van der Waals surface area contributed by atoms with Crippen molar-refractivity contribution in [2.45, 2.75) is 17.4 Å². The first-order chi connectivity index (χ1) is 9.74. The predicted octanol–water partition coefficient (Wildman–Crippen LogP) is 4.18. The van der Waals surface area contributed by atoms with Gasteiger partial charge in [-0.05, 0) is 23.8 Å². The van der Waals surface area contributed by atoms with E-state index in [1.807, 2.05) is 12.1 Å². The molecular weight excluding hydrogens is 334 g/mol. The van der Waals surface area contributed by atoms with Gasteiger partial charge in [0.1, 0.15) is 5.75 Å². The highest BCUT2D eigenvalue weighted by Gasteiger charge is 2.19. The molecule has 3 rings (SSSR count). The summed E-state index contributed by atoms with van der Waals surface area (Å²) in [6.45, 7) is 0.776. The number of para-hydroxylation sites is 1. The van der Waals surface area contributed by atoms with Crippen molar-refractivity contribution in [3.05, 3.63) is 58.1 Å². The van der Waals surface area contributed by atoms with Crippen LogP contribution in [-0.2, 0) is 6.42 Å². The summed E-state index contributed by atoms with van der Waals surface area (Å²) in [7, 11) is 0. The highest BCUT2D eigenvalue weighted by Crippen LogP contribution is 2.34. The monoisotopic (exact) mass is 349 g/mol. The first-order valence-corrected chi connectivity index (χ1v) is 8.40.